The molecular weight excluding hydrogens is 244 g/mol. The highest BCUT2D eigenvalue weighted by atomic mass is 32.2. The molecule has 1 unspecified atom stereocenters. The molecule has 6 nitrogen and oxygen atoms in total. The topological polar surface area (TPSA) is 77.9 Å². The molecule has 0 aliphatic carbocycles. The predicted octanol–water partition coefficient (Wildman–Crippen LogP) is -0.183. The van der Waals surface area contributed by atoms with Crippen LogP contribution in [0.3, 0.4) is 0 Å². The zero-order chi connectivity index (χ0) is 13.1. The van der Waals surface area contributed by atoms with Gasteiger partial charge in [0.05, 0.1) is 12.2 Å². The van der Waals surface area contributed by atoms with E-state index < -0.39 is 16.0 Å². The summed E-state index contributed by atoms with van der Waals surface area (Å²) in [7, 11) is -3.42. The fraction of sp³-hybridized carbons (Fsp3) is 0.900. The van der Waals surface area contributed by atoms with Crippen LogP contribution in [-0.4, -0.2) is 66.7 Å². The number of piperazine rings is 1. The Hall–Kier alpha value is -0.660. The molecular formula is C10H20N2O4S. The van der Waals surface area contributed by atoms with Gasteiger partial charge in [-0.2, -0.15) is 4.31 Å². The maximum absolute atomic E-state index is 11.9. The summed E-state index contributed by atoms with van der Waals surface area (Å²) < 4.78 is 25.2. The van der Waals surface area contributed by atoms with Gasteiger partial charge in [-0.1, -0.05) is 6.92 Å². The molecule has 0 amide bonds. The highest BCUT2D eigenvalue weighted by molar-refractivity contribution is 7.89. The van der Waals surface area contributed by atoms with E-state index in [-0.39, 0.29) is 18.2 Å². The number of hydrogen-bond acceptors (Lipinski definition) is 4. The van der Waals surface area contributed by atoms with Crippen LogP contribution >= 0.6 is 0 Å². The van der Waals surface area contributed by atoms with Crippen molar-refractivity contribution in [2.75, 3.05) is 31.9 Å². The zero-order valence-electron chi connectivity index (χ0n) is 10.3. The van der Waals surface area contributed by atoms with E-state index in [0.717, 1.165) is 6.54 Å². The van der Waals surface area contributed by atoms with Crippen molar-refractivity contribution < 1.29 is 18.3 Å². The average Bonchev–Trinajstić information content (AvgIpc) is 2.26. The standard InChI is InChI=1S/C10H20N2O4S/c1-3-11-5-6-12(8-9(11)2)17(15,16)7-4-10(13)14/h9H,3-8H2,1-2H3,(H,13,14). The number of carboxylic acid groups (broad SMARTS) is 1. The highest BCUT2D eigenvalue weighted by Crippen LogP contribution is 2.13. The van der Waals surface area contributed by atoms with Crippen molar-refractivity contribution in [1.29, 1.82) is 0 Å². The van der Waals surface area contributed by atoms with Crippen LogP contribution in [0.2, 0.25) is 0 Å². The van der Waals surface area contributed by atoms with Crippen molar-refractivity contribution in [2.24, 2.45) is 0 Å². The van der Waals surface area contributed by atoms with Gasteiger partial charge in [-0.05, 0) is 13.5 Å². The van der Waals surface area contributed by atoms with E-state index in [0.29, 0.717) is 19.6 Å². The largest absolute Gasteiger partial charge is 0.481 e. The van der Waals surface area contributed by atoms with Crippen LogP contribution in [0.4, 0.5) is 0 Å². The van der Waals surface area contributed by atoms with Gasteiger partial charge in [-0.15, -0.1) is 0 Å². The lowest BCUT2D eigenvalue weighted by atomic mass is 10.2. The van der Waals surface area contributed by atoms with Crippen LogP contribution in [0.1, 0.15) is 20.3 Å². The lowest BCUT2D eigenvalue weighted by Crippen LogP contribution is -2.53. The van der Waals surface area contributed by atoms with Gasteiger partial charge in [-0.3, -0.25) is 9.69 Å². The minimum atomic E-state index is -3.42. The summed E-state index contributed by atoms with van der Waals surface area (Å²) in [5.74, 6) is -1.38. The van der Waals surface area contributed by atoms with Crippen molar-refractivity contribution in [2.45, 2.75) is 26.3 Å². The fourth-order valence-corrected chi connectivity index (χ4v) is 3.52. The summed E-state index contributed by atoms with van der Waals surface area (Å²) in [5, 5.41) is 8.52. The van der Waals surface area contributed by atoms with Crippen molar-refractivity contribution in [3.05, 3.63) is 0 Å². The first-order valence-electron chi connectivity index (χ1n) is 5.80. The molecule has 1 atom stereocenters. The third-order valence-electron chi connectivity index (χ3n) is 3.10. The van der Waals surface area contributed by atoms with Gasteiger partial charge in [0.2, 0.25) is 10.0 Å². The fourth-order valence-electron chi connectivity index (χ4n) is 2.03. The summed E-state index contributed by atoms with van der Waals surface area (Å²) in [6.07, 6.45) is -0.329. The number of nitrogens with zero attached hydrogens (tertiary/aromatic N) is 2. The third-order valence-corrected chi connectivity index (χ3v) is 4.94. The molecule has 1 rings (SSSR count). The van der Waals surface area contributed by atoms with Crippen molar-refractivity contribution in [3.8, 4) is 0 Å². The molecule has 0 bridgehead atoms. The quantitative estimate of drug-likeness (QED) is 0.745. The van der Waals surface area contributed by atoms with Gasteiger partial charge in [0, 0.05) is 25.7 Å². The second-order valence-electron chi connectivity index (χ2n) is 4.30. The van der Waals surface area contributed by atoms with Gasteiger partial charge in [0.25, 0.3) is 0 Å². The highest BCUT2D eigenvalue weighted by Gasteiger charge is 2.30. The van der Waals surface area contributed by atoms with Gasteiger partial charge >= 0.3 is 5.97 Å². The summed E-state index contributed by atoms with van der Waals surface area (Å²) in [5.41, 5.74) is 0. The molecule has 1 N–H and O–H groups in total. The van der Waals surface area contributed by atoms with Gasteiger partial charge in [0.15, 0.2) is 0 Å². The number of aliphatic carboxylic acids is 1. The molecule has 1 fully saturated rings. The van der Waals surface area contributed by atoms with E-state index in [1.54, 1.807) is 0 Å². The van der Waals surface area contributed by atoms with Gasteiger partial charge in [-0.25, -0.2) is 8.42 Å². The number of sulfonamides is 1. The number of hydrogen-bond donors (Lipinski definition) is 1. The average molecular weight is 264 g/mol. The summed E-state index contributed by atoms with van der Waals surface area (Å²) >= 11 is 0. The van der Waals surface area contributed by atoms with Crippen LogP contribution < -0.4 is 0 Å². The molecule has 1 aliphatic rings. The van der Waals surface area contributed by atoms with Crippen molar-refractivity contribution in [1.82, 2.24) is 9.21 Å². The monoisotopic (exact) mass is 264 g/mol. The normalized spacial score (nSPS) is 23.8. The molecule has 1 saturated heterocycles. The Morgan fingerprint density at radius 3 is 2.53 bits per heavy atom. The number of carbonyl (C=O) groups is 1. The Kier molecular flexibility index (Phi) is 4.91. The molecule has 0 aromatic carbocycles. The first-order valence-corrected chi connectivity index (χ1v) is 7.41. The summed E-state index contributed by atoms with van der Waals surface area (Å²) in [4.78, 5) is 12.6. The molecule has 1 aliphatic heterocycles. The Morgan fingerprint density at radius 2 is 2.06 bits per heavy atom. The number of rotatable bonds is 5. The van der Waals surface area contributed by atoms with Crippen LogP contribution in [0.25, 0.3) is 0 Å². The predicted molar refractivity (Wildman–Crippen MR) is 64.3 cm³/mol. The van der Waals surface area contributed by atoms with Crippen LogP contribution in [0.15, 0.2) is 0 Å². The lowest BCUT2D eigenvalue weighted by Gasteiger charge is -2.38. The number of carboxylic acids is 1. The first-order chi connectivity index (χ1) is 7.86. The number of likely N-dealkylation sites (N-methyl/N-ethyl adjacent to an activating group) is 1. The Bertz CT molecular complexity index is 369. The van der Waals surface area contributed by atoms with E-state index in [2.05, 4.69) is 4.90 Å². The molecule has 0 radical (unpaired) electrons. The second kappa shape index (κ2) is 5.79. The molecule has 0 aromatic rings. The molecule has 0 spiro atoms. The molecule has 17 heavy (non-hydrogen) atoms. The molecule has 7 heteroatoms. The minimum absolute atomic E-state index is 0.188. The van der Waals surface area contributed by atoms with E-state index in [1.807, 2.05) is 13.8 Å². The SMILES string of the molecule is CCN1CCN(S(=O)(=O)CCC(=O)O)CC1C. The maximum Gasteiger partial charge on any atom is 0.304 e. The van der Waals surface area contributed by atoms with E-state index in [4.69, 9.17) is 5.11 Å². The van der Waals surface area contributed by atoms with Crippen molar-refractivity contribution in [3.63, 3.8) is 0 Å². The third kappa shape index (κ3) is 3.93. The molecule has 100 valence electrons. The molecule has 0 saturated carbocycles. The van der Waals surface area contributed by atoms with Crippen LogP contribution in [0.5, 0.6) is 0 Å². The Labute approximate surface area is 102 Å². The van der Waals surface area contributed by atoms with Crippen LogP contribution in [-0.2, 0) is 14.8 Å². The Balaban J connectivity index is 2.59. The van der Waals surface area contributed by atoms with E-state index >= 15 is 0 Å². The second-order valence-corrected chi connectivity index (χ2v) is 6.38. The molecule has 0 aromatic heterocycles. The maximum atomic E-state index is 11.9. The zero-order valence-corrected chi connectivity index (χ0v) is 11.1. The van der Waals surface area contributed by atoms with E-state index in [9.17, 15) is 13.2 Å². The summed E-state index contributed by atoms with van der Waals surface area (Å²) in [6.45, 7) is 6.57. The lowest BCUT2D eigenvalue weighted by molar-refractivity contribution is -0.136. The first kappa shape index (κ1) is 14.4. The van der Waals surface area contributed by atoms with Gasteiger partial charge < -0.3 is 5.11 Å². The Morgan fingerprint density at radius 1 is 1.41 bits per heavy atom. The van der Waals surface area contributed by atoms with Gasteiger partial charge in [0.1, 0.15) is 0 Å². The van der Waals surface area contributed by atoms with Crippen molar-refractivity contribution >= 4 is 16.0 Å². The molecule has 1 heterocycles. The summed E-state index contributed by atoms with van der Waals surface area (Å²) in [6, 6.07) is 0.188. The van der Waals surface area contributed by atoms with E-state index in [1.165, 1.54) is 4.31 Å². The minimum Gasteiger partial charge on any atom is -0.481 e. The van der Waals surface area contributed by atoms with Crippen LogP contribution in [0, 0.1) is 0 Å². The smallest absolute Gasteiger partial charge is 0.304 e.